The van der Waals surface area contributed by atoms with Crippen LogP contribution in [0.15, 0.2) is 167 Å². The summed E-state index contributed by atoms with van der Waals surface area (Å²) in [5.74, 6) is 1.10. The number of rotatable bonds is 5. The molecule has 0 spiro atoms. The minimum absolute atomic E-state index is 0.889. The zero-order valence-electron chi connectivity index (χ0n) is 26.8. The molecule has 2 heterocycles. The normalized spacial score (nSPS) is 12.7. The van der Waals surface area contributed by atoms with Gasteiger partial charge in [-0.05, 0) is 106 Å². The van der Waals surface area contributed by atoms with E-state index in [1.54, 1.807) is 0 Å². The van der Waals surface area contributed by atoms with Gasteiger partial charge in [-0.2, -0.15) is 0 Å². The largest absolute Gasteiger partial charge is 0.460 e. The van der Waals surface area contributed by atoms with E-state index in [9.17, 15) is 0 Å². The quantitative estimate of drug-likeness (QED) is 0.190. The van der Waals surface area contributed by atoms with Crippen molar-refractivity contribution in [1.82, 2.24) is 0 Å². The molecular weight excluding hydrogens is 599 g/mol. The molecule has 0 radical (unpaired) electrons. The second kappa shape index (κ2) is 11.1. The van der Waals surface area contributed by atoms with Gasteiger partial charge in [-0.1, -0.05) is 97.1 Å². The molecule has 2 aromatic heterocycles. The molecule has 0 aliphatic heterocycles. The molecule has 1 aliphatic rings. The van der Waals surface area contributed by atoms with E-state index in [4.69, 9.17) is 8.83 Å². The topological polar surface area (TPSA) is 29.5 Å². The van der Waals surface area contributed by atoms with Crippen molar-refractivity contribution in [2.75, 3.05) is 4.90 Å². The lowest BCUT2D eigenvalue weighted by Crippen LogP contribution is -2.09. The number of hydrogen-bond donors (Lipinski definition) is 0. The molecule has 232 valence electrons. The average molecular weight is 630 g/mol. The van der Waals surface area contributed by atoms with Crippen molar-refractivity contribution in [2.24, 2.45) is 0 Å². The van der Waals surface area contributed by atoms with Crippen LogP contribution in [0.2, 0.25) is 0 Å². The fourth-order valence-electron chi connectivity index (χ4n) is 7.42. The Balaban J connectivity index is 1.07. The monoisotopic (exact) mass is 629 g/mol. The summed E-state index contributed by atoms with van der Waals surface area (Å²) in [6.07, 6.45) is 6.46. The molecule has 0 fully saturated rings. The Morgan fingerprint density at radius 3 is 1.98 bits per heavy atom. The van der Waals surface area contributed by atoms with Crippen LogP contribution in [0.4, 0.5) is 17.1 Å². The van der Waals surface area contributed by atoms with Gasteiger partial charge in [0.1, 0.15) is 22.5 Å². The van der Waals surface area contributed by atoms with Gasteiger partial charge in [-0.25, -0.2) is 0 Å². The van der Waals surface area contributed by atoms with Crippen LogP contribution < -0.4 is 4.90 Å². The van der Waals surface area contributed by atoms with Crippen molar-refractivity contribution in [1.29, 1.82) is 0 Å². The summed E-state index contributed by atoms with van der Waals surface area (Å²) >= 11 is 0. The minimum Gasteiger partial charge on any atom is -0.460 e. The van der Waals surface area contributed by atoms with Crippen molar-refractivity contribution in [3.8, 4) is 22.3 Å². The molecule has 3 heteroatoms. The first-order valence-electron chi connectivity index (χ1n) is 16.9. The van der Waals surface area contributed by atoms with E-state index in [-0.39, 0.29) is 0 Å². The molecule has 0 amide bonds. The second-order valence-corrected chi connectivity index (χ2v) is 12.9. The molecule has 0 atom stereocenters. The van der Waals surface area contributed by atoms with Gasteiger partial charge in [0.25, 0.3) is 0 Å². The number of para-hydroxylation sites is 1. The van der Waals surface area contributed by atoms with Crippen LogP contribution in [-0.2, 0) is 6.42 Å². The highest BCUT2D eigenvalue weighted by molar-refractivity contribution is 6.06. The predicted octanol–water partition coefficient (Wildman–Crippen LogP) is 13.2. The zero-order valence-corrected chi connectivity index (χ0v) is 26.8. The molecule has 0 saturated carbocycles. The maximum Gasteiger partial charge on any atom is 0.135 e. The number of hydrogen-bond acceptors (Lipinski definition) is 3. The highest BCUT2D eigenvalue weighted by atomic mass is 16.3. The number of furan rings is 2. The lowest BCUT2D eigenvalue weighted by molar-refractivity contribution is 0.546. The predicted molar refractivity (Wildman–Crippen MR) is 204 cm³/mol. The number of benzene rings is 7. The molecule has 9 aromatic rings. The van der Waals surface area contributed by atoms with Gasteiger partial charge in [0.15, 0.2) is 0 Å². The van der Waals surface area contributed by atoms with Crippen molar-refractivity contribution in [3.63, 3.8) is 0 Å². The molecule has 10 rings (SSSR count). The van der Waals surface area contributed by atoms with Crippen LogP contribution in [0.1, 0.15) is 17.7 Å². The number of anilines is 3. The molecule has 3 nitrogen and oxygen atoms in total. The van der Waals surface area contributed by atoms with Gasteiger partial charge in [-0.3, -0.25) is 0 Å². The van der Waals surface area contributed by atoms with E-state index in [1.807, 2.05) is 12.1 Å². The van der Waals surface area contributed by atoms with Gasteiger partial charge >= 0.3 is 0 Å². The summed E-state index contributed by atoms with van der Waals surface area (Å²) in [7, 11) is 0. The van der Waals surface area contributed by atoms with Crippen LogP contribution in [0.25, 0.3) is 72.0 Å². The third kappa shape index (κ3) is 4.74. The van der Waals surface area contributed by atoms with Gasteiger partial charge < -0.3 is 13.7 Å². The fraction of sp³-hybridized carbons (Fsp3) is 0.0435. The lowest BCUT2D eigenvalue weighted by Gasteiger charge is -2.26. The fourth-order valence-corrected chi connectivity index (χ4v) is 7.42. The Labute approximate surface area is 283 Å². The number of nitrogens with zero attached hydrogens (tertiary/aromatic N) is 1. The first kappa shape index (κ1) is 27.8. The third-order valence-corrected chi connectivity index (χ3v) is 9.89. The van der Waals surface area contributed by atoms with Gasteiger partial charge in [0.05, 0.1) is 0 Å². The van der Waals surface area contributed by atoms with E-state index in [1.165, 1.54) is 44.0 Å². The molecular formula is C46H31NO2. The standard InChI is InChI=1S/C46H31NO2/c1-2-8-30(9-3-1)31-16-20-36(21-17-31)47(38-23-25-46-42(29-38)40-11-5-7-13-44(40)49-46)37-22-18-33-26-32(14-15-34(33)27-37)35-19-24-45-41(28-35)39-10-4-6-12-43(39)48-45/h1-5,7-11,13-29H,6,12H2. The van der Waals surface area contributed by atoms with Crippen LogP contribution in [-0.4, -0.2) is 0 Å². The van der Waals surface area contributed by atoms with Crippen LogP contribution in [0.3, 0.4) is 0 Å². The highest BCUT2D eigenvalue weighted by Gasteiger charge is 2.18. The maximum absolute atomic E-state index is 6.19. The molecule has 0 unspecified atom stereocenters. The summed E-state index contributed by atoms with van der Waals surface area (Å²) in [4.78, 5) is 2.34. The first-order chi connectivity index (χ1) is 24.2. The van der Waals surface area contributed by atoms with E-state index in [0.717, 1.165) is 63.2 Å². The Bertz CT molecular complexity index is 2710. The summed E-state index contributed by atoms with van der Waals surface area (Å²) in [5.41, 5.74) is 12.0. The summed E-state index contributed by atoms with van der Waals surface area (Å²) in [6.45, 7) is 0. The maximum atomic E-state index is 6.19. The van der Waals surface area contributed by atoms with Crippen molar-refractivity contribution >= 4 is 66.8 Å². The molecule has 7 aromatic carbocycles. The SMILES string of the molecule is C1=Cc2c(oc3ccc(-c4ccc5cc(N(c6ccc(-c7ccccc7)cc6)c6ccc7oc8ccccc8c7c6)ccc5c4)cc23)CC1. The Hall–Kier alpha value is -6.32. The Morgan fingerprint density at radius 2 is 1.06 bits per heavy atom. The van der Waals surface area contributed by atoms with E-state index >= 15 is 0 Å². The van der Waals surface area contributed by atoms with Crippen LogP contribution >= 0.6 is 0 Å². The molecule has 0 bridgehead atoms. The minimum atomic E-state index is 0.889. The van der Waals surface area contributed by atoms with Gasteiger partial charge in [0, 0.05) is 45.2 Å². The molecule has 0 N–H and O–H groups in total. The summed E-state index contributed by atoms with van der Waals surface area (Å²) < 4.78 is 12.4. The zero-order chi connectivity index (χ0) is 32.3. The smallest absolute Gasteiger partial charge is 0.135 e. The number of allylic oxidation sites excluding steroid dienone is 1. The van der Waals surface area contributed by atoms with Crippen LogP contribution in [0, 0.1) is 0 Å². The molecule has 0 saturated heterocycles. The Morgan fingerprint density at radius 1 is 0.429 bits per heavy atom. The first-order valence-corrected chi connectivity index (χ1v) is 16.9. The lowest BCUT2D eigenvalue weighted by atomic mass is 9.97. The number of aryl methyl sites for hydroxylation is 1. The van der Waals surface area contributed by atoms with Gasteiger partial charge in [0.2, 0.25) is 0 Å². The van der Waals surface area contributed by atoms with Crippen molar-refractivity contribution < 1.29 is 8.83 Å². The van der Waals surface area contributed by atoms with Crippen molar-refractivity contribution in [3.05, 3.63) is 169 Å². The average Bonchev–Trinajstić information content (AvgIpc) is 3.73. The molecule has 1 aliphatic carbocycles. The van der Waals surface area contributed by atoms with Crippen molar-refractivity contribution in [2.45, 2.75) is 12.8 Å². The van der Waals surface area contributed by atoms with Crippen LogP contribution in [0.5, 0.6) is 0 Å². The van der Waals surface area contributed by atoms with E-state index in [2.05, 4.69) is 157 Å². The molecule has 49 heavy (non-hydrogen) atoms. The van der Waals surface area contributed by atoms with Gasteiger partial charge in [-0.15, -0.1) is 0 Å². The third-order valence-electron chi connectivity index (χ3n) is 9.89. The highest BCUT2D eigenvalue weighted by Crippen LogP contribution is 2.41. The van der Waals surface area contributed by atoms with E-state index < -0.39 is 0 Å². The summed E-state index contributed by atoms with van der Waals surface area (Å²) in [6, 6.07) is 54.2. The number of fused-ring (bicyclic) bond motifs is 7. The summed E-state index contributed by atoms with van der Waals surface area (Å²) in [5, 5.41) is 5.80. The second-order valence-electron chi connectivity index (χ2n) is 12.9. The Kier molecular flexibility index (Phi) is 6.31. The van der Waals surface area contributed by atoms with E-state index in [0.29, 0.717) is 0 Å².